The first kappa shape index (κ1) is 24.5. The Kier molecular flexibility index (Phi) is 6.94. The van der Waals surface area contributed by atoms with Gasteiger partial charge in [-0.1, -0.05) is 63.1 Å². The first-order valence-corrected chi connectivity index (χ1v) is 11.8. The van der Waals surface area contributed by atoms with E-state index < -0.39 is 0 Å². The van der Waals surface area contributed by atoms with E-state index in [2.05, 4.69) is 47.4 Å². The minimum atomic E-state index is 0. The van der Waals surface area contributed by atoms with Crippen LogP contribution < -0.4 is 4.58 Å². The Labute approximate surface area is 229 Å². The number of hydrogen-bond acceptors (Lipinski definition) is 2. The summed E-state index contributed by atoms with van der Waals surface area (Å²) < 4.78 is 9.99. The number of nitrogens with zero attached hydrogens (tertiary/aromatic N) is 3. The number of aromatic nitrogens is 1. The molecule has 0 atom stereocenters. The summed E-state index contributed by atoms with van der Waals surface area (Å²) in [5.41, 5.74) is 8.13. The van der Waals surface area contributed by atoms with E-state index in [0.29, 0.717) is 0 Å². The third kappa shape index (κ3) is 4.81. The third-order valence-electron chi connectivity index (χ3n) is 6.17. The van der Waals surface area contributed by atoms with Crippen molar-refractivity contribution in [3.63, 3.8) is 0 Å². The van der Waals surface area contributed by atoms with Crippen molar-refractivity contribution in [2.45, 2.75) is 6.92 Å². The monoisotopic (exact) mass is 658 g/mol. The summed E-state index contributed by atoms with van der Waals surface area (Å²) in [5.74, 6) is 0. The Morgan fingerprint density at radius 3 is 2.38 bits per heavy atom. The minimum Gasteiger partial charge on any atom is -0.483 e. The second kappa shape index (κ2) is 10.5. The molecule has 5 heteroatoms. The maximum absolute atomic E-state index is 5.98. The molecule has 4 nitrogen and oxygen atoms in total. The van der Waals surface area contributed by atoms with Gasteiger partial charge in [-0.15, -0.1) is 42.0 Å². The Morgan fingerprint density at radius 2 is 1.59 bits per heavy atom. The molecule has 0 spiro atoms. The quantitative estimate of drug-likeness (QED) is 0.142. The zero-order valence-electron chi connectivity index (χ0n) is 20.4. The molecule has 37 heavy (non-hydrogen) atoms. The second-order valence-corrected chi connectivity index (χ2v) is 8.67. The predicted molar refractivity (Wildman–Crippen MR) is 145 cm³/mol. The maximum atomic E-state index is 5.98. The van der Waals surface area contributed by atoms with Gasteiger partial charge in [0.25, 0.3) is 11.4 Å². The summed E-state index contributed by atoms with van der Waals surface area (Å²) in [4.78, 5) is 4.32. The molecule has 1 aliphatic heterocycles. The summed E-state index contributed by atoms with van der Waals surface area (Å²) in [6.45, 7) is 2.03. The van der Waals surface area contributed by atoms with Crippen molar-refractivity contribution in [3.05, 3.63) is 121 Å². The molecule has 0 amide bonds. The summed E-state index contributed by atoms with van der Waals surface area (Å²) >= 11 is 0. The van der Waals surface area contributed by atoms with E-state index in [9.17, 15) is 0 Å². The second-order valence-electron chi connectivity index (χ2n) is 8.67. The SMILES string of the molecule is C[N+]1=C=[N+](c2[c-]cc3c(c2)oc2ccccc23)c2ccccc21.Cc1ccc(-c2[c-]cccc2)nc1.[Ir]. The number of para-hydroxylation sites is 3. The Bertz CT molecular complexity index is 1780. The van der Waals surface area contributed by atoms with Crippen molar-refractivity contribution in [1.82, 2.24) is 9.56 Å². The van der Waals surface area contributed by atoms with Gasteiger partial charge in [-0.2, -0.15) is 6.07 Å². The number of aryl methyl sites for hydroxylation is 1. The zero-order valence-corrected chi connectivity index (χ0v) is 22.8. The van der Waals surface area contributed by atoms with Crippen molar-refractivity contribution < 1.29 is 29.1 Å². The molecule has 0 bridgehead atoms. The standard InChI is InChI=1S/C20H13N2O.C12H10N.Ir/c1-21-13-22(18-8-4-3-7-17(18)21)14-10-11-16-15-6-2-5-9-19(15)23-20(16)12-14;1-10-7-8-12(13-9-10)11-5-3-2-4-6-11;/h2-9,11-12H,1H3;2-5,7-9H,1H3;/q+1;-1;. The van der Waals surface area contributed by atoms with Crippen LogP contribution >= 0.6 is 0 Å². The van der Waals surface area contributed by atoms with E-state index in [1.807, 2.05) is 102 Å². The topological polar surface area (TPSA) is 32.0 Å². The molecule has 7 rings (SSSR count). The van der Waals surface area contributed by atoms with E-state index >= 15 is 0 Å². The van der Waals surface area contributed by atoms with E-state index in [1.54, 1.807) is 0 Å². The van der Waals surface area contributed by atoms with E-state index in [1.165, 1.54) is 5.56 Å². The number of pyridine rings is 1. The van der Waals surface area contributed by atoms with E-state index in [0.717, 1.165) is 50.3 Å². The summed E-state index contributed by atoms with van der Waals surface area (Å²) in [5, 5.41) is 2.21. The van der Waals surface area contributed by atoms with Crippen molar-refractivity contribution in [1.29, 1.82) is 0 Å². The van der Waals surface area contributed by atoms with E-state index in [4.69, 9.17) is 4.42 Å². The first-order valence-electron chi connectivity index (χ1n) is 11.8. The van der Waals surface area contributed by atoms with Crippen LogP contribution in [0.5, 0.6) is 0 Å². The molecule has 0 saturated heterocycles. The number of benzene rings is 4. The van der Waals surface area contributed by atoms with Gasteiger partial charge in [0.15, 0.2) is 7.05 Å². The maximum Gasteiger partial charge on any atom is 0.494 e. The minimum absolute atomic E-state index is 0. The van der Waals surface area contributed by atoms with Gasteiger partial charge in [0.05, 0.1) is 0 Å². The molecule has 0 unspecified atom stereocenters. The van der Waals surface area contributed by atoms with Crippen LogP contribution in [0.25, 0.3) is 33.2 Å². The molecule has 0 saturated carbocycles. The van der Waals surface area contributed by atoms with Crippen LogP contribution in [0, 0.1) is 19.1 Å². The normalized spacial score (nSPS) is 11.7. The fraction of sp³-hybridized carbons (Fsp3) is 0.0625. The smallest absolute Gasteiger partial charge is 0.483 e. The molecule has 1 aliphatic rings. The van der Waals surface area contributed by atoms with Crippen molar-refractivity contribution in [3.8, 4) is 11.3 Å². The number of furan rings is 1. The van der Waals surface area contributed by atoms with Crippen LogP contribution in [0.4, 0.5) is 17.1 Å². The molecule has 0 fully saturated rings. The summed E-state index contributed by atoms with van der Waals surface area (Å²) in [7, 11) is 2.00. The molecule has 4 aromatic carbocycles. The Hall–Kier alpha value is -4.14. The van der Waals surface area contributed by atoms with E-state index in [-0.39, 0.29) is 20.1 Å². The van der Waals surface area contributed by atoms with Crippen LogP contribution in [0.2, 0.25) is 0 Å². The van der Waals surface area contributed by atoms with Gasteiger partial charge in [-0.3, -0.25) is 0 Å². The van der Waals surface area contributed by atoms with Crippen LogP contribution in [-0.2, 0) is 20.1 Å². The van der Waals surface area contributed by atoms with Crippen LogP contribution in [0.1, 0.15) is 5.56 Å². The van der Waals surface area contributed by atoms with Gasteiger partial charge in [0.2, 0.25) is 0 Å². The van der Waals surface area contributed by atoms with Crippen LogP contribution in [0.3, 0.4) is 0 Å². The average Bonchev–Trinajstić information content (AvgIpc) is 3.47. The molecule has 3 heterocycles. The van der Waals surface area contributed by atoms with Gasteiger partial charge in [-0.25, -0.2) is 0 Å². The van der Waals surface area contributed by atoms with Gasteiger partial charge in [0.1, 0.15) is 11.3 Å². The molecule has 6 aromatic rings. The fourth-order valence-corrected chi connectivity index (χ4v) is 4.34. The Balaban J connectivity index is 0.000000172. The summed E-state index contributed by atoms with van der Waals surface area (Å²) in [6, 6.07) is 42.1. The predicted octanol–water partition coefficient (Wildman–Crippen LogP) is 7.54. The fourth-order valence-electron chi connectivity index (χ4n) is 4.34. The molecular formula is C32H23IrN3O. The van der Waals surface area contributed by atoms with Crippen LogP contribution in [0.15, 0.2) is 108 Å². The Morgan fingerprint density at radius 1 is 0.811 bits per heavy atom. The largest absolute Gasteiger partial charge is 0.494 e. The summed E-state index contributed by atoms with van der Waals surface area (Å²) in [6.07, 6.45) is 1.87. The molecule has 0 N–H and O–H groups in total. The zero-order chi connectivity index (χ0) is 24.5. The molecule has 1 radical (unpaired) electrons. The molecule has 2 aromatic heterocycles. The van der Waals surface area contributed by atoms with Crippen molar-refractivity contribution in [2.75, 3.05) is 7.05 Å². The van der Waals surface area contributed by atoms with Crippen molar-refractivity contribution in [2.24, 2.45) is 0 Å². The number of hydrogen-bond donors (Lipinski definition) is 0. The van der Waals surface area contributed by atoms with Gasteiger partial charge >= 0.3 is 6.01 Å². The molecular weight excluding hydrogens is 635 g/mol. The third-order valence-corrected chi connectivity index (χ3v) is 6.17. The van der Waals surface area contributed by atoms with Crippen molar-refractivity contribution >= 4 is 45.0 Å². The molecule has 181 valence electrons. The number of rotatable bonds is 2. The van der Waals surface area contributed by atoms with Crippen LogP contribution in [-0.4, -0.2) is 22.6 Å². The van der Waals surface area contributed by atoms with Gasteiger partial charge < -0.3 is 9.40 Å². The number of fused-ring (bicyclic) bond motifs is 4. The first-order chi connectivity index (χ1) is 17.7. The average molecular weight is 658 g/mol. The van der Waals surface area contributed by atoms with Gasteiger partial charge in [0, 0.05) is 44.0 Å². The molecule has 0 aliphatic carbocycles. The van der Waals surface area contributed by atoms with Gasteiger partial charge in [-0.05, 0) is 29.6 Å².